The van der Waals surface area contributed by atoms with E-state index in [4.69, 9.17) is 34.3 Å². The Morgan fingerprint density at radius 1 is 1.18 bits per heavy atom. The van der Waals surface area contributed by atoms with Crippen LogP contribution in [0.15, 0.2) is 42.5 Å². The van der Waals surface area contributed by atoms with Gasteiger partial charge in [-0.1, -0.05) is 11.6 Å². The van der Waals surface area contributed by atoms with Gasteiger partial charge < -0.3 is 10.5 Å². The van der Waals surface area contributed by atoms with Gasteiger partial charge in [0.2, 0.25) is 0 Å². The third-order valence-corrected chi connectivity index (χ3v) is 3.35. The molecule has 0 fully saturated rings. The molecule has 2 N–H and O–H groups in total. The van der Waals surface area contributed by atoms with Crippen molar-refractivity contribution in [2.45, 2.75) is 6.04 Å². The van der Waals surface area contributed by atoms with Crippen molar-refractivity contribution < 1.29 is 18.3 Å². The second-order valence-electron chi connectivity index (χ2n) is 4.34. The number of benzene rings is 2. The molecule has 22 heavy (non-hydrogen) atoms. The van der Waals surface area contributed by atoms with Gasteiger partial charge in [0.05, 0.1) is 5.56 Å². The molecule has 2 rings (SSSR count). The van der Waals surface area contributed by atoms with Gasteiger partial charge in [0.15, 0.2) is 10.8 Å². The van der Waals surface area contributed by atoms with Crippen molar-refractivity contribution in [3.63, 3.8) is 0 Å². The van der Waals surface area contributed by atoms with E-state index in [0.29, 0.717) is 16.8 Å². The first-order valence-corrected chi connectivity index (χ1v) is 6.89. The van der Waals surface area contributed by atoms with E-state index in [9.17, 15) is 13.6 Å². The largest absolute Gasteiger partial charge is 0.448 e. The minimum absolute atomic E-state index is 0.226. The standard InChI is InChI=1S/C15H10ClF2NO2S/c16-8-1-4-10(5-2-8)21-15(22)13(19)14(20)11-6-3-9(17)7-12(11)18/h1-7,13H,19H2. The fraction of sp³-hybridized carbons (Fsp3) is 0.0667. The molecule has 0 heterocycles. The van der Waals surface area contributed by atoms with Crippen molar-refractivity contribution in [1.82, 2.24) is 0 Å². The summed E-state index contributed by atoms with van der Waals surface area (Å²) < 4.78 is 31.7. The molecule has 0 saturated carbocycles. The first kappa shape index (κ1) is 16.5. The maximum absolute atomic E-state index is 13.6. The molecule has 1 atom stereocenters. The van der Waals surface area contributed by atoms with Gasteiger partial charge >= 0.3 is 0 Å². The van der Waals surface area contributed by atoms with Gasteiger partial charge in [-0.05, 0) is 48.6 Å². The van der Waals surface area contributed by atoms with E-state index in [-0.39, 0.29) is 10.6 Å². The third kappa shape index (κ3) is 3.85. The first-order valence-electron chi connectivity index (χ1n) is 6.10. The number of ketones is 1. The molecular weight excluding hydrogens is 332 g/mol. The van der Waals surface area contributed by atoms with Crippen LogP contribution in [0.1, 0.15) is 10.4 Å². The molecule has 2 aromatic carbocycles. The summed E-state index contributed by atoms with van der Waals surface area (Å²) >= 11 is 10.7. The van der Waals surface area contributed by atoms with Crippen molar-refractivity contribution in [1.29, 1.82) is 0 Å². The normalized spacial score (nSPS) is 11.8. The number of thiocarbonyl (C=S) groups is 1. The first-order chi connectivity index (χ1) is 10.4. The Kier molecular flexibility index (Phi) is 5.18. The second-order valence-corrected chi connectivity index (χ2v) is 5.18. The Morgan fingerprint density at radius 2 is 1.82 bits per heavy atom. The highest BCUT2D eigenvalue weighted by atomic mass is 35.5. The summed E-state index contributed by atoms with van der Waals surface area (Å²) in [4.78, 5) is 12.1. The van der Waals surface area contributed by atoms with Crippen molar-refractivity contribution in [3.05, 3.63) is 64.7 Å². The minimum atomic E-state index is -1.36. The van der Waals surface area contributed by atoms with Crippen LogP contribution in [-0.4, -0.2) is 16.9 Å². The molecule has 0 aliphatic heterocycles. The molecule has 0 amide bonds. The zero-order valence-electron chi connectivity index (χ0n) is 11.1. The van der Waals surface area contributed by atoms with Crippen molar-refractivity contribution in [2.24, 2.45) is 5.73 Å². The second kappa shape index (κ2) is 6.91. The summed E-state index contributed by atoms with van der Waals surface area (Å²) in [6, 6.07) is 7.46. The molecular formula is C15H10ClF2NO2S. The number of ether oxygens (including phenoxy) is 1. The highest BCUT2D eigenvalue weighted by Gasteiger charge is 2.24. The summed E-state index contributed by atoms with van der Waals surface area (Å²) in [5.74, 6) is -2.24. The number of halogens is 3. The van der Waals surface area contributed by atoms with Crippen LogP contribution in [0.2, 0.25) is 5.02 Å². The number of carbonyl (C=O) groups is 1. The predicted molar refractivity (Wildman–Crippen MR) is 83.3 cm³/mol. The lowest BCUT2D eigenvalue weighted by molar-refractivity contribution is 0.0976. The van der Waals surface area contributed by atoms with E-state index in [1.807, 2.05) is 0 Å². The monoisotopic (exact) mass is 341 g/mol. The summed E-state index contributed by atoms with van der Waals surface area (Å²) in [5.41, 5.74) is 5.32. The molecule has 3 nitrogen and oxygen atoms in total. The summed E-state index contributed by atoms with van der Waals surface area (Å²) in [7, 11) is 0. The fourth-order valence-electron chi connectivity index (χ4n) is 1.65. The van der Waals surface area contributed by atoms with Crippen molar-refractivity contribution >= 4 is 34.7 Å². The van der Waals surface area contributed by atoms with Gasteiger partial charge in [0, 0.05) is 11.1 Å². The Labute approximate surface area is 135 Å². The van der Waals surface area contributed by atoms with Crippen LogP contribution in [0.5, 0.6) is 5.75 Å². The van der Waals surface area contributed by atoms with E-state index < -0.39 is 23.5 Å². The van der Waals surface area contributed by atoms with Crippen LogP contribution in [0.3, 0.4) is 0 Å². The van der Waals surface area contributed by atoms with Gasteiger partial charge in [-0.15, -0.1) is 0 Å². The number of nitrogens with two attached hydrogens (primary N) is 1. The van der Waals surface area contributed by atoms with E-state index in [1.165, 1.54) is 0 Å². The third-order valence-electron chi connectivity index (χ3n) is 2.77. The Morgan fingerprint density at radius 3 is 2.41 bits per heavy atom. The SMILES string of the molecule is NC(C(=O)c1ccc(F)cc1F)C(=S)Oc1ccc(Cl)cc1. The van der Waals surface area contributed by atoms with Crippen molar-refractivity contribution in [2.75, 3.05) is 0 Å². The van der Waals surface area contributed by atoms with Crippen molar-refractivity contribution in [3.8, 4) is 5.75 Å². The zero-order chi connectivity index (χ0) is 16.3. The van der Waals surface area contributed by atoms with E-state index in [1.54, 1.807) is 24.3 Å². The van der Waals surface area contributed by atoms with Gasteiger partial charge in [-0.3, -0.25) is 4.79 Å². The van der Waals surface area contributed by atoms with E-state index in [0.717, 1.165) is 12.1 Å². The average molecular weight is 342 g/mol. The predicted octanol–water partition coefficient (Wildman–Crippen LogP) is 3.53. The highest BCUT2D eigenvalue weighted by molar-refractivity contribution is 7.80. The van der Waals surface area contributed by atoms with Gasteiger partial charge in [0.25, 0.3) is 0 Å². The number of hydrogen-bond donors (Lipinski definition) is 1. The summed E-state index contributed by atoms with van der Waals surface area (Å²) in [6.07, 6.45) is 0. The van der Waals surface area contributed by atoms with Crippen LogP contribution in [-0.2, 0) is 0 Å². The number of carbonyl (C=O) groups excluding carboxylic acids is 1. The molecule has 0 bridgehead atoms. The molecule has 0 radical (unpaired) electrons. The summed E-state index contributed by atoms with van der Waals surface area (Å²) in [5, 5.41) is 0.281. The maximum atomic E-state index is 13.6. The Hall–Kier alpha value is -1.89. The lowest BCUT2D eigenvalue weighted by atomic mass is 10.0. The molecule has 0 aliphatic carbocycles. The summed E-state index contributed by atoms with van der Waals surface area (Å²) in [6.45, 7) is 0. The van der Waals surface area contributed by atoms with Crippen LogP contribution < -0.4 is 10.5 Å². The number of Topliss-reactive ketones (excluding diaryl/α,β-unsaturated/α-hetero) is 1. The van der Waals surface area contributed by atoms with Gasteiger partial charge in [-0.2, -0.15) is 0 Å². The minimum Gasteiger partial charge on any atom is -0.448 e. The average Bonchev–Trinajstić information content (AvgIpc) is 2.48. The zero-order valence-corrected chi connectivity index (χ0v) is 12.6. The Bertz CT molecular complexity index is 722. The maximum Gasteiger partial charge on any atom is 0.192 e. The van der Waals surface area contributed by atoms with Crippen LogP contribution in [0, 0.1) is 11.6 Å². The molecule has 0 spiro atoms. The smallest absolute Gasteiger partial charge is 0.192 e. The molecule has 0 aromatic heterocycles. The molecule has 0 saturated heterocycles. The van der Waals surface area contributed by atoms with Gasteiger partial charge in [0.1, 0.15) is 23.4 Å². The molecule has 0 aliphatic rings. The number of hydrogen-bond acceptors (Lipinski definition) is 4. The van der Waals surface area contributed by atoms with Crippen LogP contribution in [0.4, 0.5) is 8.78 Å². The lowest BCUT2D eigenvalue weighted by Gasteiger charge is -2.13. The molecule has 7 heteroatoms. The molecule has 2 aromatic rings. The highest BCUT2D eigenvalue weighted by Crippen LogP contribution is 2.17. The molecule has 114 valence electrons. The van der Waals surface area contributed by atoms with Crippen LogP contribution >= 0.6 is 23.8 Å². The quantitative estimate of drug-likeness (QED) is 0.682. The number of rotatable bonds is 4. The van der Waals surface area contributed by atoms with E-state index in [2.05, 4.69) is 0 Å². The fourth-order valence-corrected chi connectivity index (χ4v) is 1.98. The molecule has 1 unspecified atom stereocenters. The Balaban J connectivity index is 2.12. The lowest BCUT2D eigenvalue weighted by Crippen LogP contribution is -2.40. The van der Waals surface area contributed by atoms with E-state index >= 15 is 0 Å². The van der Waals surface area contributed by atoms with Gasteiger partial charge in [-0.25, -0.2) is 8.78 Å². The topological polar surface area (TPSA) is 52.3 Å². The van der Waals surface area contributed by atoms with Crippen LogP contribution in [0.25, 0.3) is 0 Å².